The molecule has 0 aromatic heterocycles. The van der Waals surface area contributed by atoms with Crippen LogP contribution >= 0.6 is 0 Å². The van der Waals surface area contributed by atoms with Crippen LogP contribution in [0.3, 0.4) is 0 Å². The predicted molar refractivity (Wildman–Crippen MR) is 70.3 cm³/mol. The molecule has 0 bridgehead atoms. The fraction of sp³-hybridized carbons (Fsp3) is 0.500. The summed E-state index contributed by atoms with van der Waals surface area (Å²) in [5.74, 6) is 0.323. The Balaban J connectivity index is 2.49. The highest BCUT2D eigenvalue weighted by Crippen LogP contribution is 2.23. The van der Waals surface area contributed by atoms with Gasteiger partial charge in [-0.1, -0.05) is 32.0 Å². The highest BCUT2D eigenvalue weighted by molar-refractivity contribution is 5.70. The number of carbonyl (C=O) groups is 1. The van der Waals surface area contributed by atoms with Gasteiger partial charge in [0.05, 0.1) is 13.0 Å². The number of hydrogen-bond donors (Lipinski definition) is 1. The first kappa shape index (κ1) is 13.6. The summed E-state index contributed by atoms with van der Waals surface area (Å²) in [6.07, 6.45) is 0.403. The summed E-state index contributed by atoms with van der Waals surface area (Å²) in [7, 11) is 0. The van der Waals surface area contributed by atoms with Crippen molar-refractivity contribution in [3.63, 3.8) is 0 Å². The molecule has 1 N–H and O–H groups in total. The Morgan fingerprint density at radius 3 is 2.71 bits per heavy atom. The van der Waals surface area contributed by atoms with Crippen LogP contribution < -0.4 is 5.32 Å². The Hall–Kier alpha value is -1.51. The Kier molecular flexibility index (Phi) is 5.53. The molecule has 0 saturated heterocycles. The molecule has 1 aromatic carbocycles. The fourth-order valence-corrected chi connectivity index (χ4v) is 1.69. The van der Waals surface area contributed by atoms with E-state index in [4.69, 9.17) is 4.74 Å². The lowest BCUT2D eigenvalue weighted by Crippen LogP contribution is -2.12. The molecule has 0 heterocycles. The molecule has 0 atom stereocenters. The van der Waals surface area contributed by atoms with Crippen LogP contribution in [0.2, 0.25) is 0 Å². The van der Waals surface area contributed by atoms with Crippen LogP contribution in [0.4, 0.5) is 5.69 Å². The molecule has 0 fully saturated rings. The van der Waals surface area contributed by atoms with E-state index in [0.717, 1.165) is 5.69 Å². The minimum absolute atomic E-state index is 0.151. The van der Waals surface area contributed by atoms with E-state index in [9.17, 15) is 4.79 Å². The van der Waals surface area contributed by atoms with Gasteiger partial charge in [0.25, 0.3) is 0 Å². The standard InChI is InChI=1S/C14H21NO2/c1-4-17-14(16)9-10-15-13-8-6-5-7-12(13)11(2)3/h5-8,11,15H,4,9-10H2,1-3H3. The van der Waals surface area contributed by atoms with Crippen molar-refractivity contribution in [1.82, 2.24) is 0 Å². The Morgan fingerprint density at radius 2 is 2.06 bits per heavy atom. The smallest absolute Gasteiger partial charge is 0.307 e. The van der Waals surface area contributed by atoms with Crippen molar-refractivity contribution in [2.24, 2.45) is 0 Å². The maximum absolute atomic E-state index is 11.2. The number of benzene rings is 1. The van der Waals surface area contributed by atoms with Crippen molar-refractivity contribution in [1.29, 1.82) is 0 Å². The van der Waals surface area contributed by atoms with Crippen molar-refractivity contribution in [3.8, 4) is 0 Å². The lowest BCUT2D eigenvalue weighted by atomic mass is 10.0. The number of ether oxygens (including phenoxy) is 1. The minimum atomic E-state index is -0.151. The molecule has 0 radical (unpaired) electrons. The predicted octanol–water partition coefficient (Wildman–Crippen LogP) is 3.18. The maximum atomic E-state index is 11.2. The van der Waals surface area contributed by atoms with Gasteiger partial charge in [-0.05, 0) is 24.5 Å². The number of nitrogens with one attached hydrogen (secondary N) is 1. The highest BCUT2D eigenvalue weighted by Gasteiger charge is 2.06. The molecule has 0 spiro atoms. The van der Waals surface area contributed by atoms with Crippen LogP contribution in [0.15, 0.2) is 24.3 Å². The number of esters is 1. The lowest BCUT2D eigenvalue weighted by molar-refractivity contribution is -0.142. The second kappa shape index (κ2) is 6.94. The third-order valence-electron chi connectivity index (χ3n) is 2.53. The van der Waals surface area contributed by atoms with Crippen LogP contribution in [0.25, 0.3) is 0 Å². The SMILES string of the molecule is CCOC(=O)CCNc1ccccc1C(C)C. The molecule has 17 heavy (non-hydrogen) atoms. The number of para-hydroxylation sites is 1. The normalized spacial score (nSPS) is 10.4. The average molecular weight is 235 g/mol. The monoisotopic (exact) mass is 235 g/mol. The average Bonchev–Trinajstić information content (AvgIpc) is 2.30. The van der Waals surface area contributed by atoms with E-state index in [2.05, 4.69) is 25.2 Å². The van der Waals surface area contributed by atoms with E-state index in [1.54, 1.807) is 0 Å². The molecule has 0 aliphatic heterocycles. The molecule has 94 valence electrons. The molecule has 0 aliphatic rings. The summed E-state index contributed by atoms with van der Waals surface area (Å²) >= 11 is 0. The minimum Gasteiger partial charge on any atom is -0.466 e. The molecule has 0 unspecified atom stereocenters. The van der Waals surface area contributed by atoms with Gasteiger partial charge in [0, 0.05) is 12.2 Å². The molecule has 0 aliphatic carbocycles. The molecule has 3 heteroatoms. The first-order valence-electron chi connectivity index (χ1n) is 6.13. The van der Waals surface area contributed by atoms with Gasteiger partial charge < -0.3 is 10.1 Å². The second-order valence-corrected chi connectivity index (χ2v) is 4.22. The molecule has 0 amide bonds. The summed E-state index contributed by atoms with van der Waals surface area (Å²) < 4.78 is 4.88. The van der Waals surface area contributed by atoms with Crippen molar-refractivity contribution >= 4 is 11.7 Å². The van der Waals surface area contributed by atoms with E-state index in [-0.39, 0.29) is 5.97 Å². The fourth-order valence-electron chi connectivity index (χ4n) is 1.69. The summed E-state index contributed by atoms with van der Waals surface area (Å²) in [6.45, 7) is 7.20. The Labute approximate surface area is 103 Å². The number of carbonyl (C=O) groups excluding carboxylic acids is 1. The van der Waals surface area contributed by atoms with Gasteiger partial charge >= 0.3 is 5.97 Å². The van der Waals surface area contributed by atoms with Gasteiger partial charge in [-0.2, -0.15) is 0 Å². The lowest BCUT2D eigenvalue weighted by Gasteiger charge is -2.14. The van der Waals surface area contributed by atoms with Gasteiger partial charge in [0.1, 0.15) is 0 Å². The number of rotatable bonds is 6. The van der Waals surface area contributed by atoms with Crippen molar-refractivity contribution < 1.29 is 9.53 Å². The van der Waals surface area contributed by atoms with Crippen molar-refractivity contribution in [3.05, 3.63) is 29.8 Å². The first-order chi connectivity index (χ1) is 8.15. The molecular formula is C14H21NO2. The van der Waals surface area contributed by atoms with E-state index in [1.165, 1.54) is 5.56 Å². The van der Waals surface area contributed by atoms with Crippen LogP contribution in [0.5, 0.6) is 0 Å². The van der Waals surface area contributed by atoms with E-state index >= 15 is 0 Å². The Bertz CT molecular complexity index is 361. The van der Waals surface area contributed by atoms with Gasteiger partial charge in [-0.3, -0.25) is 4.79 Å². The number of anilines is 1. The first-order valence-corrected chi connectivity index (χ1v) is 6.13. The zero-order valence-corrected chi connectivity index (χ0v) is 10.8. The van der Waals surface area contributed by atoms with Crippen LogP contribution in [-0.4, -0.2) is 19.1 Å². The van der Waals surface area contributed by atoms with Gasteiger partial charge in [0.2, 0.25) is 0 Å². The highest BCUT2D eigenvalue weighted by atomic mass is 16.5. The number of hydrogen-bond acceptors (Lipinski definition) is 3. The summed E-state index contributed by atoms with van der Waals surface area (Å²) in [4.78, 5) is 11.2. The van der Waals surface area contributed by atoms with E-state index in [0.29, 0.717) is 25.5 Å². The summed E-state index contributed by atoms with van der Waals surface area (Å²) in [6, 6.07) is 8.18. The molecular weight excluding hydrogens is 214 g/mol. The molecule has 1 rings (SSSR count). The quantitative estimate of drug-likeness (QED) is 0.770. The van der Waals surface area contributed by atoms with Crippen LogP contribution in [-0.2, 0) is 9.53 Å². The zero-order valence-electron chi connectivity index (χ0n) is 10.8. The van der Waals surface area contributed by atoms with Crippen molar-refractivity contribution in [2.45, 2.75) is 33.1 Å². The summed E-state index contributed by atoms with van der Waals surface area (Å²) in [5, 5.41) is 3.28. The van der Waals surface area contributed by atoms with Crippen LogP contribution in [0.1, 0.15) is 38.7 Å². The van der Waals surface area contributed by atoms with Gasteiger partial charge in [0.15, 0.2) is 0 Å². The van der Waals surface area contributed by atoms with Crippen molar-refractivity contribution in [2.75, 3.05) is 18.5 Å². The topological polar surface area (TPSA) is 38.3 Å². The zero-order chi connectivity index (χ0) is 12.7. The second-order valence-electron chi connectivity index (χ2n) is 4.22. The van der Waals surface area contributed by atoms with Gasteiger partial charge in [-0.15, -0.1) is 0 Å². The Morgan fingerprint density at radius 1 is 1.35 bits per heavy atom. The molecule has 0 saturated carbocycles. The largest absolute Gasteiger partial charge is 0.466 e. The van der Waals surface area contributed by atoms with E-state index < -0.39 is 0 Å². The van der Waals surface area contributed by atoms with E-state index in [1.807, 2.05) is 25.1 Å². The summed E-state index contributed by atoms with van der Waals surface area (Å²) in [5.41, 5.74) is 2.38. The maximum Gasteiger partial charge on any atom is 0.307 e. The molecule has 3 nitrogen and oxygen atoms in total. The van der Waals surface area contributed by atoms with Crippen LogP contribution in [0, 0.1) is 0 Å². The van der Waals surface area contributed by atoms with Gasteiger partial charge in [-0.25, -0.2) is 0 Å². The third kappa shape index (κ3) is 4.47. The molecule has 1 aromatic rings. The third-order valence-corrected chi connectivity index (χ3v) is 2.53.